The maximum absolute atomic E-state index is 12.0. The molecule has 29 heavy (non-hydrogen) atoms. The average molecular weight is 389 g/mol. The fourth-order valence-corrected chi connectivity index (χ4v) is 3.25. The molecule has 1 heterocycles. The van der Waals surface area contributed by atoms with Crippen LogP contribution in [0.4, 0.5) is 0 Å². The molecule has 0 aliphatic heterocycles. The van der Waals surface area contributed by atoms with Crippen LogP contribution < -0.4 is 4.74 Å². The van der Waals surface area contributed by atoms with E-state index in [1.165, 1.54) is 11.1 Å². The van der Waals surface area contributed by atoms with Crippen LogP contribution >= 0.6 is 0 Å². The number of nitrogens with zero attached hydrogens (tertiary/aromatic N) is 2. The highest BCUT2D eigenvalue weighted by molar-refractivity contribution is 5.99. The molecule has 0 saturated carbocycles. The smallest absolute Gasteiger partial charge is 0.178 e. The minimum atomic E-state index is 0.00613. The van der Waals surface area contributed by atoms with Crippen LogP contribution in [0.3, 0.4) is 0 Å². The normalized spacial score (nSPS) is 16.5. The standard InChI is InChI=1S/C25H28N2O2/c1-20-7-5-8-22(17-20)12-13-24(28)10-3-4-16-29-25-11-6-9-23(21(25)2)18-27-15-14-26-19-27/h3,5-15,19-20H,4,16-18H2,1-2H3/b10-3-,13-12-. The van der Waals surface area contributed by atoms with Gasteiger partial charge in [-0.3, -0.25) is 4.79 Å². The van der Waals surface area contributed by atoms with Gasteiger partial charge in [0.1, 0.15) is 5.75 Å². The van der Waals surface area contributed by atoms with Gasteiger partial charge in [-0.25, -0.2) is 4.98 Å². The summed E-state index contributed by atoms with van der Waals surface area (Å²) in [5.74, 6) is 1.42. The minimum absolute atomic E-state index is 0.00613. The number of imidazole rings is 1. The number of ether oxygens (including phenoxy) is 1. The molecule has 1 atom stereocenters. The van der Waals surface area contributed by atoms with Crippen LogP contribution in [0, 0.1) is 12.8 Å². The summed E-state index contributed by atoms with van der Waals surface area (Å²) >= 11 is 0. The van der Waals surface area contributed by atoms with Crippen molar-refractivity contribution in [2.24, 2.45) is 5.92 Å². The maximum atomic E-state index is 12.0. The largest absolute Gasteiger partial charge is 0.493 e. The number of carbonyl (C=O) groups is 1. The van der Waals surface area contributed by atoms with E-state index in [9.17, 15) is 4.79 Å². The number of ketones is 1. The van der Waals surface area contributed by atoms with E-state index in [4.69, 9.17) is 4.74 Å². The molecule has 0 fully saturated rings. The summed E-state index contributed by atoms with van der Waals surface area (Å²) in [6.45, 7) is 5.56. The Morgan fingerprint density at radius 2 is 2.24 bits per heavy atom. The Bertz CT molecular complexity index is 934. The van der Waals surface area contributed by atoms with Gasteiger partial charge in [-0.1, -0.05) is 49.4 Å². The van der Waals surface area contributed by atoms with E-state index in [-0.39, 0.29) is 5.78 Å². The quantitative estimate of drug-likeness (QED) is 0.437. The Kier molecular flexibility index (Phi) is 7.40. The fourth-order valence-electron chi connectivity index (χ4n) is 3.25. The van der Waals surface area contributed by atoms with Gasteiger partial charge in [-0.15, -0.1) is 0 Å². The van der Waals surface area contributed by atoms with E-state index in [0.29, 0.717) is 18.9 Å². The van der Waals surface area contributed by atoms with Crippen LogP contribution in [0.5, 0.6) is 5.75 Å². The van der Waals surface area contributed by atoms with Gasteiger partial charge in [-0.2, -0.15) is 0 Å². The van der Waals surface area contributed by atoms with Crippen molar-refractivity contribution < 1.29 is 9.53 Å². The number of hydrogen-bond acceptors (Lipinski definition) is 3. The van der Waals surface area contributed by atoms with E-state index >= 15 is 0 Å². The Labute approximate surface area is 172 Å². The molecule has 4 heteroatoms. The lowest BCUT2D eigenvalue weighted by atomic mass is 9.95. The third-order valence-electron chi connectivity index (χ3n) is 4.90. The zero-order valence-electron chi connectivity index (χ0n) is 17.1. The van der Waals surface area contributed by atoms with Crippen LogP contribution in [0.1, 0.15) is 30.9 Å². The molecule has 0 saturated heterocycles. The van der Waals surface area contributed by atoms with Crippen molar-refractivity contribution in [2.45, 2.75) is 33.2 Å². The van der Waals surface area contributed by atoms with Gasteiger partial charge in [-0.05, 0) is 60.6 Å². The molecule has 2 aromatic rings. The van der Waals surface area contributed by atoms with Crippen LogP contribution in [-0.4, -0.2) is 21.9 Å². The first-order valence-corrected chi connectivity index (χ1v) is 10.0. The predicted molar refractivity (Wildman–Crippen MR) is 117 cm³/mol. The summed E-state index contributed by atoms with van der Waals surface area (Å²) in [7, 11) is 0. The van der Waals surface area contributed by atoms with Crippen LogP contribution in [0.15, 0.2) is 85.0 Å². The van der Waals surface area contributed by atoms with E-state index in [1.807, 2.05) is 41.4 Å². The fraction of sp³-hybridized carbons (Fsp3) is 0.280. The SMILES string of the molecule is Cc1c(Cn2ccnc2)cccc1OCC/C=C\C(=O)/C=C\C1=CC=CC(C)C1. The Morgan fingerprint density at radius 1 is 1.34 bits per heavy atom. The Balaban J connectivity index is 1.44. The van der Waals surface area contributed by atoms with Crippen molar-refractivity contribution in [1.29, 1.82) is 0 Å². The van der Waals surface area contributed by atoms with Gasteiger partial charge in [0.05, 0.1) is 12.9 Å². The first-order valence-electron chi connectivity index (χ1n) is 10.0. The zero-order valence-corrected chi connectivity index (χ0v) is 17.1. The first kappa shape index (κ1) is 20.6. The molecular formula is C25H28N2O2. The summed E-state index contributed by atoms with van der Waals surface area (Å²) in [6, 6.07) is 6.10. The lowest BCUT2D eigenvalue weighted by Gasteiger charge is -2.12. The molecule has 0 N–H and O–H groups in total. The Morgan fingerprint density at radius 3 is 3.03 bits per heavy atom. The highest BCUT2D eigenvalue weighted by atomic mass is 16.5. The van der Waals surface area contributed by atoms with Crippen molar-refractivity contribution >= 4 is 5.78 Å². The number of carbonyl (C=O) groups excluding carboxylic acids is 1. The third-order valence-corrected chi connectivity index (χ3v) is 4.90. The number of rotatable bonds is 9. The third kappa shape index (κ3) is 6.46. The highest BCUT2D eigenvalue weighted by Crippen LogP contribution is 2.22. The van der Waals surface area contributed by atoms with Crippen molar-refractivity contribution in [1.82, 2.24) is 9.55 Å². The first-order chi connectivity index (χ1) is 14.1. The molecule has 1 aliphatic rings. The van der Waals surface area contributed by atoms with Gasteiger partial charge in [0, 0.05) is 18.9 Å². The number of allylic oxidation sites excluding steroid dienone is 7. The van der Waals surface area contributed by atoms with E-state index < -0.39 is 0 Å². The minimum Gasteiger partial charge on any atom is -0.493 e. The molecular weight excluding hydrogens is 360 g/mol. The second kappa shape index (κ2) is 10.4. The van der Waals surface area contributed by atoms with Gasteiger partial charge in [0.15, 0.2) is 5.78 Å². The Hall–Kier alpha value is -3.14. The average Bonchev–Trinajstić information content (AvgIpc) is 3.22. The molecule has 1 aromatic heterocycles. The van der Waals surface area contributed by atoms with Gasteiger partial charge < -0.3 is 9.30 Å². The molecule has 1 aromatic carbocycles. The molecule has 1 aliphatic carbocycles. The molecule has 3 rings (SSSR count). The molecule has 4 nitrogen and oxygen atoms in total. The summed E-state index contributed by atoms with van der Waals surface area (Å²) in [5.41, 5.74) is 3.53. The molecule has 0 spiro atoms. The van der Waals surface area contributed by atoms with Gasteiger partial charge in [0.25, 0.3) is 0 Å². The second-order valence-corrected chi connectivity index (χ2v) is 7.36. The van der Waals surface area contributed by atoms with Crippen molar-refractivity contribution in [3.8, 4) is 5.75 Å². The monoisotopic (exact) mass is 388 g/mol. The summed E-state index contributed by atoms with van der Waals surface area (Å²) in [4.78, 5) is 16.1. The number of aromatic nitrogens is 2. The van der Waals surface area contributed by atoms with Crippen LogP contribution in [0.25, 0.3) is 0 Å². The van der Waals surface area contributed by atoms with Crippen LogP contribution in [0.2, 0.25) is 0 Å². The van der Waals surface area contributed by atoms with E-state index in [0.717, 1.165) is 24.3 Å². The molecule has 0 radical (unpaired) electrons. The maximum Gasteiger partial charge on any atom is 0.178 e. The highest BCUT2D eigenvalue weighted by Gasteiger charge is 2.06. The van der Waals surface area contributed by atoms with E-state index in [2.05, 4.69) is 43.1 Å². The van der Waals surface area contributed by atoms with Crippen molar-refractivity contribution in [2.75, 3.05) is 6.61 Å². The molecule has 0 amide bonds. The van der Waals surface area contributed by atoms with Crippen LogP contribution in [-0.2, 0) is 11.3 Å². The summed E-state index contributed by atoms with van der Waals surface area (Å²) in [5, 5.41) is 0. The molecule has 1 unspecified atom stereocenters. The second-order valence-electron chi connectivity index (χ2n) is 7.36. The zero-order chi connectivity index (χ0) is 20.5. The predicted octanol–water partition coefficient (Wildman–Crippen LogP) is 5.21. The lowest BCUT2D eigenvalue weighted by molar-refractivity contribution is -0.110. The summed E-state index contributed by atoms with van der Waals surface area (Å²) in [6.07, 6.45) is 20.5. The topological polar surface area (TPSA) is 44.1 Å². The summed E-state index contributed by atoms with van der Waals surface area (Å²) < 4.78 is 7.96. The molecule has 0 bridgehead atoms. The van der Waals surface area contributed by atoms with E-state index in [1.54, 1.807) is 18.3 Å². The number of hydrogen-bond donors (Lipinski definition) is 0. The van der Waals surface area contributed by atoms with Crippen molar-refractivity contribution in [3.05, 3.63) is 96.2 Å². The molecule has 150 valence electrons. The van der Waals surface area contributed by atoms with Gasteiger partial charge in [0.2, 0.25) is 0 Å². The number of benzene rings is 1. The van der Waals surface area contributed by atoms with Gasteiger partial charge >= 0.3 is 0 Å². The lowest BCUT2D eigenvalue weighted by Crippen LogP contribution is -2.03. The van der Waals surface area contributed by atoms with Crippen molar-refractivity contribution in [3.63, 3.8) is 0 Å².